The monoisotopic (exact) mass is 267 g/mol. The Morgan fingerprint density at radius 1 is 1.20 bits per heavy atom. The van der Waals surface area contributed by atoms with Crippen LogP contribution in [0.4, 0.5) is 0 Å². The summed E-state index contributed by atoms with van der Waals surface area (Å²) < 4.78 is 0. The number of aromatic amines is 2. The largest absolute Gasteiger partial charge is 0.334 e. The molecule has 0 fully saturated rings. The highest BCUT2D eigenvalue weighted by Crippen LogP contribution is 2.21. The van der Waals surface area contributed by atoms with E-state index in [0.717, 1.165) is 28.6 Å². The van der Waals surface area contributed by atoms with Gasteiger partial charge in [0, 0.05) is 36.2 Å². The molecule has 1 amide bonds. The molecule has 0 saturated heterocycles. The van der Waals surface area contributed by atoms with Crippen LogP contribution in [0.15, 0.2) is 30.6 Å². The minimum Gasteiger partial charge on any atom is -0.334 e. The molecule has 1 aromatic carbocycles. The van der Waals surface area contributed by atoms with E-state index in [1.54, 1.807) is 12.4 Å². The zero-order valence-electron chi connectivity index (χ0n) is 10.8. The third kappa shape index (κ3) is 1.61. The van der Waals surface area contributed by atoms with E-state index in [2.05, 4.69) is 20.4 Å². The SMILES string of the molecule is O=C(c1cccc2cn[nH]c12)N1CCc2[nH]ncc2C1. The maximum atomic E-state index is 12.7. The number of benzene rings is 1. The van der Waals surface area contributed by atoms with Gasteiger partial charge in [0.05, 0.1) is 23.5 Å². The average Bonchev–Trinajstić information content (AvgIpc) is 3.13. The second-order valence-corrected chi connectivity index (χ2v) is 4.99. The zero-order valence-corrected chi connectivity index (χ0v) is 10.8. The van der Waals surface area contributed by atoms with Crippen molar-refractivity contribution < 1.29 is 4.79 Å². The molecule has 1 aliphatic heterocycles. The van der Waals surface area contributed by atoms with E-state index >= 15 is 0 Å². The Morgan fingerprint density at radius 3 is 3.05 bits per heavy atom. The predicted molar refractivity (Wildman–Crippen MR) is 73.1 cm³/mol. The molecule has 0 radical (unpaired) electrons. The van der Waals surface area contributed by atoms with Crippen LogP contribution >= 0.6 is 0 Å². The van der Waals surface area contributed by atoms with Gasteiger partial charge >= 0.3 is 0 Å². The van der Waals surface area contributed by atoms with Gasteiger partial charge in [-0.25, -0.2) is 0 Å². The van der Waals surface area contributed by atoms with E-state index in [1.807, 2.05) is 23.1 Å². The van der Waals surface area contributed by atoms with Crippen LogP contribution in [0.2, 0.25) is 0 Å². The fraction of sp³-hybridized carbons (Fsp3) is 0.214. The summed E-state index contributed by atoms with van der Waals surface area (Å²) in [7, 11) is 0. The van der Waals surface area contributed by atoms with Crippen LogP contribution in [0, 0.1) is 0 Å². The Bertz CT molecular complexity index is 788. The van der Waals surface area contributed by atoms with Gasteiger partial charge in [-0.2, -0.15) is 10.2 Å². The zero-order chi connectivity index (χ0) is 13.5. The molecule has 3 heterocycles. The highest BCUT2D eigenvalue weighted by molar-refractivity contribution is 6.05. The second kappa shape index (κ2) is 4.19. The standard InChI is InChI=1S/C14H13N5O/c20-14(11-3-1-2-9-6-16-18-13(9)11)19-5-4-12-10(8-19)7-15-17-12/h1-3,6-7H,4-5,8H2,(H,15,17)(H,16,18). The first kappa shape index (κ1) is 11.2. The summed E-state index contributed by atoms with van der Waals surface area (Å²) in [6.07, 6.45) is 4.35. The van der Waals surface area contributed by atoms with Crippen molar-refractivity contribution in [3.05, 3.63) is 47.4 Å². The molecule has 6 nitrogen and oxygen atoms in total. The van der Waals surface area contributed by atoms with E-state index in [-0.39, 0.29) is 5.91 Å². The number of hydrogen-bond donors (Lipinski definition) is 2. The summed E-state index contributed by atoms with van der Waals surface area (Å²) in [5.74, 6) is 0.0340. The normalized spacial score (nSPS) is 14.5. The number of carbonyl (C=O) groups is 1. The molecule has 20 heavy (non-hydrogen) atoms. The van der Waals surface area contributed by atoms with E-state index < -0.39 is 0 Å². The minimum absolute atomic E-state index is 0.0340. The number of amides is 1. The molecule has 3 aromatic rings. The minimum atomic E-state index is 0.0340. The molecule has 0 spiro atoms. The van der Waals surface area contributed by atoms with Crippen LogP contribution in [-0.2, 0) is 13.0 Å². The predicted octanol–water partition coefficient (Wildman–Crippen LogP) is 1.48. The van der Waals surface area contributed by atoms with E-state index in [4.69, 9.17) is 0 Å². The van der Waals surface area contributed by atoms with Crippen LogP contribution in [0.25, 0.3) is 10.9 Å². The van der Waals surface area contributed by atoms with Gasteiger partial charge in [-0.15, -0.1) is 0 Å². The molecule has 6 heteroatoms. The molecule has 4 rings (SSSR count). The van der Waals surface area contributed by atoms with Crippen molar-refractivity contribution in [3.8, 4) is 0 Å². The number of carbonyl (C=O) groups excluding carboxylic acids is 1. The van der Waals surface area contributed by atoms with E-state index in [1.165, 1.54) is 0 Å². The number of nitrogens with one attached hydrogen (secondary N) is 2. The number of H-pyrrole nitrogens is 2. The Morgan fingerprint density at radius 2 is 2.10 bits per heavy atom. The first-order valence-electron chi connectivity index (χ1n) is 6.55. The smallest absolute Gasteiger partial charge is 0.256 e. The fourth-order valence-corrected chi connectivity index (χ4v) is 2.71. The van der Waals surface area contributed by atoms with Crippen LogP contribution in [0.1, 0.15) is 21.6 Å². The van der Waals surface area contributed by atoms with Gasteiger partial charge in [-0.1, -0.05) is 12.1 Å². The first-order chi connectivity index (χ1) is 9.83. The van der Waals surface area contributed by atoms with Crippen LogP contribution in [-0.4, -0.2) is 37.7 Å². The Balaban J connectivity index is 1.70. The van der Waals surface area contributed by atoms with Gasteiger partial charge in [-0.05, 0) is 6.07 Å². The molecule has 0 atom stereocenters. The lowest BCUT2D eigenvalue weighted by atomic mass is 10.1. The topological polar surface area (TPSA) is 77.7 Å². The lowest BCUT2D eigenvalue weighted by molar-refractivity contribution is 0.0736. The number of para-hydroxylation sites is 1. The van der Waals surface area contributed by atoms with Crippen LogP contribution in [0.3, 0.4) is 0 Å². The molecule has 100 valence electrons. The summed E-state index contributed by atoms with van der Waals surface area (Å²) in [6.45, 7) is 1.31. The fourth-order valence-electron chi connectivity index (χ4n) is 2.71. The molecule has 0 bridgehead atoms. The first-order valence-corrected chi connectivity index (χ1v) is 6.55. The van der Waals surface area contributed by atoms with Crippen LogP contribution in [0.5, 0.6) is 0 Å². The van der Waals surface area contributed by atoms with Crippen molar-refractivity contribution in [2.24, 2.45) is 0 Å². The number of rotatable bonds is 1. The molecule has 0 saturated carbocycles. The van der Waals surface area contributed by atoms with Crippen molar-refractivity contribution in [1.29, 1.82) is 0 Å². The number of aromatic nitrogens is 4. The quantitative estimate of drug-likeness (QED) is 0.701. The molecule has 0 aliphatic carbocycles. The molecule has 0 unspecified atom stereocenters. The Hall–Kier alpha value is -2.63. The molecule has 1 aliphatic rings. The van der Waals surface area contributed by atoms with Gasteiger partial charge < -0.3 is 4.90 Å². The summed E-state index contributed by atoms with van der Waals surface area (Å²) in [6, 6.07) is 5.67. The van der Waals surface area contributed by atoms with Gasteiger partial charge in [0.1, 0.15) is 0 Å². The van der Waals surface area contributed by atoms with Crippen molar-refractivity contribution in [3.63, 3.8) is 0 Å². The van der Waals surface area contributed by atoms with Crippen molar-refractivity contribution in [2.75, 3.05) is 6.54 Å². The lowest BCUT2D eigenvalue weighted by Gasteiger charge is -2.26. The van der Waals surface area contributed by atoms with Crippen molar-refractivity contribution in [1.82, 2.24) is 25.3 Å². The summed E-state index contributed by atoms with van der Waals surface area (Å²) in [4.78, 5) is 14.5. The summed E-state index contributed by atoms with van der Waals surface area (Å²) in [5.41, 5.74) is 3.71. The maximum Gasteiger partial charge on any atom is 0.256 e. The number of hydrogen-bond acceptors (Lipinski definition) is 3. The van der Waals surface area contributed by atoms with E-state index in [9.17, 15) is 4.79 Å². The average molecular weight is 267 g/mol. The van der Waals surface area contributed by atoms with Gasteiger partial charge in [-0.3, -0.25) is 15.0 Å². The molecular formula is C14H13N5O. The van der Waals surface area contributed by atoms with Crippen molar-refractivity contribution in [2.45, 2.75) is 13.0 Å². The molecule has 2 N–H and O–H groups in total. The van der Waals surface area contributed by atoms with E-state index in [0.29, 0.717) is 18.7 Å². The third-order valence-corrected chi connectivity index (χ3v) is 3.79. The second-order valence-electron chi connectivity index (χ2n) is 4.99. The maximum absolute atomic E-state index is 12.7. The highest BCUT2D eigenvalue weighted by Gasteiger charge is 2.24. The highest BCUT2D eigenvalue weighted by atomic mass is 16.2. The number of nitrogens with zero attached hydrogens (tertiary/aromatic N) is 3. The molecular weight excluding hydrogens is 254 g/mol. The number of fused-ring (bicyclic) bond motifs is 2. The summed E-state index contributed by atoms with van der Waals surface area (Å²) in [5, 5.41) is 14.9. The third-order valence-electron chi connectivity index (χ3n) is 3.79. The van der Waals surface area contributed by atoms with Crippen molar-refractivity contribution >= 4 is 16.8 Å². The van der Waals surface area contributed by atoms with Gasteiger partial charge in [0.25, 0.3) is 5.91 Å². The summed E-state index contributed by atoms with van der Waals surface area (Å²) >= 11 is 0. The van der Waals surface area contributed by atoms with Crippen LogP contribution < -0.4 is 0 Å². The Labute approximate surface area is 114 Å². The lowest BCUT2D eigenvalue weighted by Crippen LogP contribution is -2.35. The Kier molecular flexibility index (Phi) is 2.35. The van der Waals surface area contributed by atoms with Gasteiger partial charge in [0.15, 0.2) is 0 Å². The van der Waals surface area contributed by atoms with Gasteiger partial charge in [0.2, 0.25) is 0 Å². The molecule has 2 aromatic heterocycles.